The fourth-order valence-electron chi connectivity index (χ4n) is 0.716. The third-order valence-electron chi connectivity index (χ3n) is 1.25. The van der Waals surface area contributed by atoms with E-state index in [1.54, 1.807) is 19.2 Å². The minimum absolute atomic E-state index is 0.688. The highest BCUT2D eigenvalue weighted by atomic mass is 35.5. The molecule has 0 N–H and O–H groups in total. The largest absolute Gasteiger partial charge is 0.497 e. The van der Waals surface area contributed by atoms with Crippen LogP contribution in [0.3, 0.4) is 0 Å². The Bertz CT molecular complexity index is 240. The van der Waals surface area contributed by atoms with E-state index in [1.807, 2.05) is 12.1 Å². The van der Waals surface area contributed by atoms with Crippen LogP contribution in [0.1, 0.15) is 0 Å². The van der Waals surface area contributed by atoms with Crippen LogP contribution < -0.4 is 8.67 Å². The van der Waals surface area contributed by atoms with Crippen LogP contribution in [0.4, 0.5) is 5.69 Å². The zero-order chi connectivity index (χ0) is 8.27. The van der Waals surface area contributed by atoms with Gasteiger partial charge in [0.05, 0.1) is 12.8 Å². The molecule has 0 unspecified atom stereocenters. The SMILES string of the molecule is COc1cccc(N(Cl)Cl)c1. The predicted octanol–water partition coefficient (Wildman–Crippen LogP) is 2.81. The van der Waals surface area contributed by atoms with Crippen molar-refractivity contribution in [1.82, 2.24) is 0 Å². The molecule has 0 radical (unpaired) electrons. The molecule has 0 aliphatic carbocycles. The summed E-state index contributed by atoms with van der Waals surface area (Å²) in [6, 6.07) is 7.15. The summed E-state index contributed by atoms with van der Waals surface area (Å²) in [4.78, 5) is 0. The monoisotopic (exact) mass is 191 g/mol. The number of anilines is 1. The molecule has 1 aromatic carbocycles. The highest BCUT2D eigenvalue weighted by Crippen LogP contribution is 2.23. The average molecular weight is 192 g/mol. The summed E-state index contributed by atoms with van der Waals surface area (Å²) in [5.74, 6) is 0.730. The van der Waals surface area contributed by atoms with Crippen molar-refractivity contribution in [3.8, 4) is 5.75 Å². The van der Waals surface area contributed by atoms with Gasteiger partial charge in [0.1, 0.15) is 5.75 Å². The second kappa shape index (κ2) is 3.69. The Morgan fingerprint density at radius 2 is 2.09 bits per heavy atom. The van der Waals surface area contributed by atoms with Gasteiger partial charge in [0.15, 0.2) is 0 Å². The molecule has 0 fully saturated rings. The number of benzene rings is 1. The van der Waals surface area contributed by atoms with E-state index in [0.717, 1.165) is 9.69 Å². The van der Waals surface area contributed by atoms with Gasteiger partial charge in [0.2, 0.25) is 0 Å². The van der Waals surface area contributed by atoms with Gasteiger partial charge in [-0.25, -0.2) is 0 Å². The lowest BCUT2D eigenvalue weighted by Gasteiger charge is -2.06. The van der Waals surface area contributed by atoms with E-state index in [9.17, 15) is 0 Å². The highest BCUT2D eigenvalue weighted by molar-refractivity contribution is 6.49. The summed E-state index contributed by atoms with van der Waals surface area (Å²) in [6.07, 6.45) is 0. The topological polar surface area (TPSA) is 12.5 Å². The first-order valence-electron chi connectivity index (χ1n) is 3.00. The Labute approximate surface area is 75.5 Å². The predicted molar refractivity (Wildman–Crippen MR) is 47.2 cm³/mol. The van der Waals surface area contributed by atoms with Gasteiger partial charge in [-0.15, -0.1) is 0 Å². The van der Waals surface area contributed by atoms with Crippen molar-refractivity contribution in [2.75, 3.05) is 11.0 Å². The highest BCUT2D eigenvalue weighted by Gasteiger charge is 1.99. The molecule has 0 saturated heterocycles. The van der Waals surface area contributed by atoms with Crippen LogP contribution in [-0.2, 0) is 0 Å². The smallest absolute Gasteiger partial charge is 0.121 e. The maximum absolute atomic E-state index is 5.48. The van der Waals surface area contributed by atoms with Gasteiger partial charge in [-0.05, 0) is 12.1 Å². The molecule has 0 saturated carbocycles. The van der Waals surface area contributed by atoms with E-state index in [2.05, 4.69) is 0 Å². The van der Waals surface area contributed by atoms with Gasteiger partial charge in [-0.1, -0.05) is 6.07 Å². The molecule has 0 aliphatic rings. The first kappa shape index (κ1) is 8.50. The van der Waals surface area contributed by atoms with Crippen LogP contribution in [0.15, 0.2) is 24.3 Å². The Balaban J connectivity index is 2.91. The molecule has 4 heteroatoms. The Morgan fingerprint density at radius 1 is 1.36 bits per heavy atom. The second-order valence-corrected chi connectivity index (χ2v) is 2.78. The van der Waals surface area contributed by atoms with E-state index >= 15 is 0 Å². The van der Waals surface area contributed by atoms with Crippen LogP contribution in [0, 0.1) is 0 Å². The molecule has 0 spiro atoms. The first-order chi connectivity index (χ1) is 5.24. The molecule has 2 nitrogen and oxygen atoms in total. The van der Waals surface area contributed by atoms with Gasteiger partial charge in [0, 0.05) is 29.6 Å². The number of methoxy groups -OCH3 is 1. The minimum Gasteiger partial charge on any atom is -0.497 e. The third kappa shape index (κ3) is 2.17. The lowest BCUT2D eigenvalue weighted by atomic mass is 10.3. The molecule has 0 aliphatic heterocycles. The molecule has 1 rings (SSSR count). The Kier molecular flexibility index (Phi) is 2.85. The molecule has 0 atom stereocenters. The molecule has 1 aromatic rings. The lowest BCUT2D eigenvalue weighted by molar-refractivity contribution is 0.415. The summed E-state index contributed by atoms with van der Waals surface area (Å²) < 4.78 is 5.95. The van der Waals surface area contributed by atoms with Crippen LogP contribution in [-0.4, -0.2) is 7.11 Å². The average Bonchev–Trinajstić information content (AvgIpc) is 2.05. The quantitative estimate of drug-likeness (QED) is 0.668. The molecule has 0 amide bonds. The fraction of sp³-hybridized carbons (Fsp3) is 0.143. The van der Waals surface area contributed by atoms with Gasteiger partial charge in [-0.3, -0.25) is 0 Å². The number of halogens is 2. The van der Waals surface area contributed by atoms with Crippen molar-refractivity contribution in [3.05, 3.63) is 24.3 Å². The maximum atomic E-state index is 5.48. The second-order valence-electron chi connectivity index (χ2n) is 1.93. The normalized spacial score (nSPS) is 9.36. The van der Waals surface area contributed by atoms with Gasteiger partial charge >= 0.3 is 0 Å². The molecule has 0 bridgehead atoms. The standard InChI is InChI=1S/C7H7Cl2NO/c1-11-7-4-2-3-6(5-7)10(8)9/h2-5H,1H3. The van der Waals surface area contributed by atoms with Crippen molar-refractivity contribution in [3.63, 3.8) is 0 Å². The van der Waals surface area contributed by atoms with Crippen molar-refractivity contribution in [1.29, 1.82) is 0 Å². The molecule has 11 heavy (non-hydrogen) atoms. The maximum Gasteiger partial charge on any atom is 0.121 e. The molecular weight excluding hydrogens is 185 g/mol. The minimum atomic E-state index is 0.688. The van der Waals surface area contributed by atoms with Crippen molar-refractivity contribution >= 4 is 29.2 Å². The number of hydrogen-bond acceptors (Lipinski definition) is 2. The van der Waals surface area contributed by atoms with Crippen molar-refractivity contribution in [2.45, 2.75) is 0 Å². The number of nitrogens with zero attached hydrogens (tertiary/aromatic N) is 1. The zero-order valence-corrected chi connectivity index (χ0v) is 7.43. The number of rotatable bonds is 2. The van der Waals surface area contributed by atoms with Gasteiger partial charge in [0.25, 0.3) is 0 Å². The third-order valence-corrected chi connectivity index (χ3v) is 1.64. The van der Waals surface area contributed by atoms with E-state index < -0.39 is 0 Å². The summed E-state index contributed by atoms with van der Waals surface area (Å²) in [7, 11) is 1.59. The Hall–Kier alpha value is -0.600. The molecule has 0 aromatic heterocycles. The van der Waals surface area contributed by atoms with Crippen LogP contribution in [0.2, 0.25) is 0 Å². The fourth-order valence-corrected chi connectivity index (χ4v) is 0.926. The summed E-state index contributed by atoms with van der Waals surface area (Å²) in [5, 5.41) is 0. The van der Waals surface area contributed by atoms with Crippen LogP contribution in [0.25, 0.3) is 0 Å². The number of hydrogen-bond donors (Lipinski definition) is 0. The lowest BCUT2D eigenvalue weighted by Crippen LogP contribution is -1.91. The number of ether oxygens (including phenoxy) is 1. The van der Waals surface area contributed by atoms with Gasteiger partial charge < -0.3 is 4.74 Å². The van der Waals surface area contributed by atoms with Crippen molar-refractivity contribution in [2.24, 2.45) is 0 Å². The molecular formula is C7H7Cl2NO. The van der Waals surface area contributed by atoms with Gasteiger partial charge in [-0.2, -0.15) is 3.94 Å². The van der Waals surface area contributed by atoms with Crippen LogP contribution >= 0.6 is 23.6 Å². The molecule has 60 valence electrons. The van der Waals surface area contributed by atoms with Crippen molar-refractivity contribution < 1.29 is 4.74 Å². The van der Waals surface area contributed by atoms with E-state index in [4.69, 9.17) is 28.3 Å². The van der Waals surface area contributed by atoms with Crippen LogP contribution in [0.5, 0.6) is 5.75 Å². The summed E-state index contributed by atoms with van der Waals surface area (Å²) in [6.45, 7) is 0. The van der Waals surface area contributed by atoms with E-state index in [0.29, 0.717) is 5.69 Å². The van der Waals surface area contributed by atoms with E-state index in [1.165, 1.54) is 0 Å². The summed E-state index contributed by atoms with van der Waals surface area (Å²) >= 11 is 11.0. The summed E-state index contributed by atoms with van der Waals surface area (Å²) in [5.41, 5.74) is 0.688. The Morgan fingerprint density at radius 3 is 2.64 bits per heavy atom. The zero-order valence-electron chi connectivity index (χ0n) is 5.92. The van der Waals surface area contributed by atoms with E-state index in [-0.39, 0.29) is 0 Å². The first-order valence-corrected chi connectivity index (χ1v) is 3.67. The molecule has 0 heterocycles.